The largest absolute Gasteiger partial charge is 0.396 e. The van der Waals surface area contributed by atoms with Crippen LogP contribution < -0.4 is 5.32 Å². The van der Waals surface area contributed by atoms with Gasteiger partial charge in [0.25, 0.3) is 5.91 Å². The Morgan fingerprint density at radius 3 is 2.67 bits per heavy atom. The van der Waals surface area contributed by atoms with E-state index in [0.29, 0.717) is 18.5 Å². The number of aliphatic hydroxyl groups is 1. The van der Waals surface area contributed by atoms with Gasteiger partial charge < -0.3 is 10.4 Å². The smallest absolute Gasteiger partial charge is 0.254 e. The minimum atomic E-state index is -0.0933. The second kappa shape index (κ2) is 6.54. The molecule has 5 nitrogen and oxygen atoms in total. The highest BCUT2D eigenvalue weighted by Crippen LogP contribution is 2.12. The highest BCUT2D eigenvalue weighted by Gasteiger charge is 2.15. The monoisotopic (exact) mass is 253 g/mol. The molecule has 1 aromatic heterocycles. The topological polar surface area (TPSA) is 67.2 Å². The fourth-order valence-electron chi connectivity index (χ4n) is 1.85. The zero-order valence-electron chi connectivity index (χ0n) is 11.6. The normalized spacial score (nSPS) is 12.8. The summed E-state index contributed by atoms with van der Waals surface area (Å²) in [6.07, 6.45) is 2.31. The van der Waals surface area contributed by atoms with E-state index in [1.165, 1.54) is 0 Å². The molecule has 18 heavy (non-hydrogen) atoms. The van der Waals surface area contributed by atoms with Gasteiger partial charge in [-0.25, -0.2) is 0 Å². The minimum absolute atomic E-state index is 0.0933. The second-order valence-corrected chi connectivity index (χ2v) is 5.01. The molecule has 0 bridgehead atoms. The number of nitrogens with one attached hydrogen (secondary N) is 1. The van der Waals surface area contributed by atoms with Crippen LogP contribution in [-0.2, 0) is 0 Å². The molecule has 2 N–H and O–H groups in total. The summed E-state index contributed by atoms with van der Waals surface area (Å²) in [6.45, 7) is 8.70. The lowest BCUT2D eigenvalue weighted by atomic mass is 10.1. The molecule has 0 saturated carbocycles. The van der Waals surface area contributed by atoms with E-state index in [1.54, 1.807) is 6.20 Å². The van der Waals surface area contributed by atoms with Gasteiger partial charge in [0, 0.05) is 24.9 Å². The van der Waals surface area contributed by atoms with Crippen LogP contribution >= 0.6 is 0 Å². The molecular weight excluding hydrogens is 230 g/mol. The minimum Gasteiger partial charge on any atom is -0.396 e. The lowest BCUT2D eigenvalue weighted by Gasteiger charge is -2.11. The molecule has 1 rings (SSSR count). The Balaban J connectivity index is 2.62. The van der Waals surface area contributed by atoms with Crippen LogP contribution in [0.4, 0.5) is 0 Å². The zero-order chi connectivity index (χ0) is 13.7. The molecule has 0 fully saturated rings. The molecule has 0 radical (unpaired) electrons. The number of carbonyl (C=O) groups is 1. The number of nitrogens with zero attached hydrogens (tertiary/aromatic N) is 2. The van der Waals surface area contributed by atoms with Crippen LogP contribution in [0.25, 0.3) is 0 Å². The highest BCUT2D eigenvalue weighted by molar-refractivity contribution is 5.95. The standard InChI is InChI=1S/C13H23N3O2/c1-9(2)16-11(4)12(8-15-16)13(18)14-7-10(3)5-6-17/h8-10,17H,5-7H2,1-4H3,(H,14,18). The van der Waals surface area contributed by atoms with E-state index < -0.39 is 0 Å². The average Bonchev–Trinajstić information content (AvgIpc) is 2.68. The summed E-state index contributed by atoms with van der Waals surface area (Å²) >= 11 is 0. The maximum atomic E-state index is 12.0. The Morgan fingerprint density at radius 1 is 1.50 bits per heavy atom. The summed E-state index contributed by atoms with van der Waals surface area (Å²) in [7, 11) is 0. The molecule has 1 aromatic rings. The van der Waals surface area contributed by atoms with Crippen molar-refractivity contribution < 1.29 is 9.90 Å². The van der Waals surface area contributed by atoms with Gasteiger partial charge in [-0.2, -0.15) is 5.10 Å². The van der Waals surface area contributed by atoms with Crippen molar-refractivity contribution in [1.29, 1.82) is 0 Å². The van der Waals surface area contributed by atoms with E-state index in [9.17, 15) is 4.79 Å². The van der Waals surface area contributed by atoms with Crippen LogP contribution in [0.3, 0.4) is 0 Å². The quantitative estimate of drug-likeness (QED) is 0.807. The molecular formula is C13H23N3O2. The highest BCUT2D eigenvalue weighted by atomic mass is 16.3. The van der Waals surface area contributed by atoms with Crippen LogP contribution in [0, 0.1) is 12.8 Å². The first-order valence-electron chi connectivity index (χ1n) is 6.40. The Kier molecular flexibility index (Phi) is 5.34. The van der Waals surface area contributed by atoms with Gasteiger partial charge in [0.15, 0.2) is 0 Å². The van der Waals surface area contributed by atoms with Crippen LogP contribution in [0.5, 0.6) is 0 Å². The summed E-state index contributed by atoms with van der Waals surface area (Å²) in [4.78, 5) is 12.0. The van der Waals surface area contributed by atoms with E-state index in [2.05, 4.69) is 10.4 Å². The Hall–Kier alpha value is -1.36. The maximum absolute atomic E-state index is 12.0. The first kappa shape index (κ1) is 14.7. The molecule has 1 heterocycles. The molecule has 0 spiro atoms. The number of aromatic nitrogens is 2. The Bertz CT molecular complexity index is 399. The van der Waals surface area contributed by atoms with Crippen LogP contribution in [-0.4, -0.2) is 33.9 Å². The van der Waals surface area contributed by atoms with Gasteiger partial charge in [-0.3, -0.25) is 9.48 Å². The van der Waals surface area contributed by atoms with Crippen molar-refractivity contribution in [3.05, 3.63) is 17.5 Å². The number of aliphatic hydroxyl groups excluding tert-OH is 1. The molecule has 5 heteroatoms. The molecule has 1 amide bonds. The molecule has 102 valence electrons. The fourth-order valence-corrected chi connectivity index (χ4v) is 1.85. The van der Waals surface area contributed by atoms with E-state index in [4.69, 9.17) is 5.11 Å². The number of amides is 1. The van der Waals surface area contributed by atoms with Gasteiger partial charge >= 0.3 is 0 Å². The van der Waals surface area contributed by atoms with Crippen molar-refractivity contribution in [2.45, 2.75) is 40.2 Å². The summed E-state index contributed by atoms with van der Waals surface area (Å²) in [5.41, 5.74) is 1.51. The molecule has 0 aliphatic rings. The molecule has 1 unspecified atom stereocenters. The van der Waals surface area contributed by atoms with E-state index in [-0.39, 0.29) is 24.5 Å². The third-order valence-electron chi connectivity index (χ3n) is 3.01. The predicted molar refractivity (Wildman–Crippen MR) is 70.5 cm³/mol. The molecule has 0 aliphatic carbocycles. The Morgan fingerprint density at radius 2 is 2.17 bits per heavy atom. The molecule has 0 saturated heterocycles. The van der Waals surface area contributed by atoms with Crippen molar-refractivity contribution in [3.63, 3.8) is 0 Å². The molecule has 0 aromatic carbocycles. The summed E-state index contributed by atoms with van der Waals surface area (Å²) in [6, 6.07) is 0.250. The third-order valence-corrected chi connectivity index (χ3v) is 3.01. The third kappa shape index (κ3) is 3.57. The van der Waals surface area contributed by atoms with Gasteiger partial charge in [0.2, 0.25) is 0 Å². The van der Waals surface area contributed by atoms with E-state index in [1.807, 2.05) is 32.4 Å². The summed E-state index contributed by atoms with van der Waals surface area (Å²) < 4.78 is 1.84. The molecule has 1 atom stereocenters. The second-order valence-electron chi connectivity index (χ2n) is 5.01. The van der Waals surface area contributed by atoms with Crippen molar-refractivity contribution in [2.24, 2.45) is 5.92 Å². The van der Waals surface area contributed by atoms with Gasteiger partial charge in [-0.05, 0) is 33.1 Å². The number of rotatable bonds is 6. The van der Waals surface area contributed by atoms with Gasteiger partial charge in [-0.15, -0.1) is 0 Å². The first-order chi connectivity index (χ1) is 8.47. The van der Waals surface area contributed by atoms with E-state index in [0.717, 1.165) is 5.69 Å². The van der Waals surface area contributed by atoms with Crippen molar-refractivity contribution in [2.75, 3.05) is 13.2 Å². The molecule has 0 aliphatic heterocycles. The first-order valence-corrected chi connectivity index (χ1v) is 6.40. The van der Waals surface area contributed by atoms with Crippen LogP contribution in [0.15, 0.2) is 6.20 Å². The summed E-state index contributed by atoms with van der Waals surface area (Å²) in [5.74, 6) is 0.184. The number of hydrogen-bond donors (Lipinski definition) is 2. The maximum Gasteiger partial charge on any atom is 0.254 e. The summed E-state index contributed by atoms with van der Waals surface area (Å²) in [5, 5.41) is 15.9. The SMILES string of the molecule is Cc1c(C(=O)NCC(C)CCO)cnn1C(C)C. The van der Waals surface area contributed by atoms with E-state index >= 15 is 0 Å². The predicted octanol–water partition coefficient (Wildman–Crippen LogP) is 1.52. The number of carbonyl (C=O) groups excluding carboxylic acids is 1. The lowest BCUT2D eigenvalue weighted by Crippen LogP contribution is -2.29. The van der Waals surface area contributed by atoms with Crippen LogP contribution in [0.2, 0.25) is 0 Å². The van der Waals surface area contributed by atoms with Crippen LogP contribution in [0.1, 0.15) is 49.3 Å². The van der Waals surface area contributed by atoms with Crippen molar-refractivity contribution in [1.82, 2.24) is 15.1 Å². The van der Waals surface area contributed by atoms with Crippen molar-refractivity contribution >= 4 is 5.91 Å². The van der Waals surface area contributed by atoms with Gasteiger partial charge in [0.1, 0.15) is 0 Å². The van der Waals surface area contributed by atoms with Gasteiger partial charge in [0.05, 0.1) is 11.8 Å². The van der Waals surface area contributed by atoms with Crippen molar-refractivity contribution in [3.8, 4) is 0 Å². The van der Waals surface area contributed by atoms with Gasteiger partial charge in [-0.1, -0.05) is 6.92 Å². The average molecular weight is 253 g/mol. The Labute approximate surface area is 108 Å². The zero-order valence-corrected chi connectivity index (χ0v) is 11.6. The number of hydrogen-bond acceptors (Lipinski definition) is 3. The fraction of sp³-hybridized carbons (Fsp3) is 0.692. The lowest BCUT2D eigenvalue weighted by molar-refractivity contribution is 0.0944.